The van der Waals surface area contributed by atoms with Gasteiger partial charge in [0, 0.05) is 6.42 Å². The number of halogens is 2. The van der Waals surface area contributed by atoms with Crippen LogP contribution in [0.1, 0.15) is 46.0 Å². The van der Waals surface area contributed by atoms with Gasteiger partial charge >= 0.3 is 15.4 Å². The first-order valence-corrected chi connectivity index (χ1v) is 8.62. The molecule has 0 aromatic carbocycles. The molecule has 6 heteroatoms. The Morgan fingerprint density at radius 1 is 1.25 bits per heavy atom. The van der Waals surface area contributed by atoms with Crippen molar-refractivity contribution < 1.29 is 22.8 Å². The van der Waals surface area contributed by atoms with Gasteiger partial charge in [-0.05, 0) is 30.9 Å². The van der Waals surface area contributed by atoms with E-state index < -0.39 is 15.4 Å². The second-order valence-corrected chi connectivity index (χ2v) is 6.07. The minimum atomic E-state index is -3.80. The molecule has 0 saturated carbocycles. The average Bonchev–Trinajstić information content (AvgIpc) is 2.90. The standard InChI is InChI=1S/C14H23F2O3Si/c1-3-10-18-14(17,19-11-4-2)9-8-12-6-5-7-13(12)20(15)16/h5,7,20H,3-4,6,8-11H2,1-2H3. The van der Waals surface area contributed by atoms with Gasteiger partial charge in [-0.3, -0.25) is 8.22 Å². The topological polar surface area (TPSA) is 38.4 Å². The average molecular weight is 305 g/mol. The van der Waals surface area contributed by atoms with Crippen molar-refractivity contribution in [3.63, 3.8) is 0 Å². The Morgan fingerprint density at radius 2 is 1.85 bits per heavy atom. The van der Waals surface area contributed by atoms with E-state index in [1.165, 1.54) is 6.08 Å². The molecule has 115 valence electrons. The van der Waals surface area contributed by atoms with Crippen molar-refractivity contribution in [3.8, 4) is 0 Å². The molecule has 3 nitrogen and oxygen atoms in total. The molecule has 0 aliphatic heterocycles. The monoisotopic (exact) mass is 305 g/mol. The second kappa shape index (κ2) is 8.66. The van der Waals surface area contributed by atoms with Crippen molar-refractivity contribution in [2.24, 2.45) is 0 Å². The molecule has 0 bridgehead atoms. The predicted molar refractivity (Wildman–Crippen MR) is 75.3 cm³/mol. The highest BCUT2D eigenvalue weighted by Gasteiger charge is 2.32. The fourth-order valence-electron chi connectivity index (χ4n) is 2.04. The van der Waals surface area contributed by atoms with Crippen LogP contribution in [-0.2, 0) is 14.6 Å². The van der Waals surface area contributed by atoms with Crippen molar-refractivity contribution in [1.29, 1.82) is 0 Å². The van der Waals surface area contributed by atoms with E-state index in [-0.39, 0.29) is 11.6 Å². The SMILES string of the molecule is CCCOC([O])(CCC1=C([SiH](F)F)C=CC1)OCCC. The van der Waals surface area contributed by atoms with Crippen LogP contribution in [0.5, 0.6) is 0 Å². The normalized spacial score (nSPS) is 15.7. The third-order valence-electron chi connectivity index (χ3n) is 3.09. The molecule has 1 radical (unpaired) electrons. The predicted octanol–water partition coefficient (Wildman–Crippen LogP) is 3.66. The quantitative estimate of drug-likeness (QED) is 0.351. The number of hydrogen-bond acceptors (Lipinski definition) is 2. The fraction of sp³-hybridized carbons (Fsp3) is 0.714. The Morgan fingerprint density at radius 3 is 2.35 bits per heavy atom. The second-order valence-electron chi connectivity index (χ2n) is 4.85. The van der Waals surface area contributed by atoms with E-state index in [2.05, 4.69) is 0 Å². The lowest BCUT2D eigenvalue weighted by Crippen LogP contribution is -2.35. The largest absolute Gasteiger partial charge is 0.441 e. The van der Waals surface area contributed by atoms with Gasteiger partial charge in [-0.25, -0.2) is 0 Å². The van der Waals surface area contributed by atoms with Crippen molar-refractivity contribution in [2.75, 3.05) is 13.2 Å². The molecule has 0 heterocycles. The molecule has 0 saturated heterocycles. The van der Waals surface area contributed by atoms with Gasteiger partial charge in [-0.15, -0.1) is 0 Å². The van der Waals surface area contributed by atoms with Crippen LogP contribution >= 0.6 is 0 Å². The van der Waals surface area contributed by atoms with Crippen LogP contribution in [0.15, 0.2) is 22.9 Å². The molecule has 1 aliphatic rings. The Balaban J connectivity index is 2.59. The van der Waals surface area contributed by atoms with E-state index >= 15 is 0 Å². The van der Waals surface area contributed by atoms with Gasteiger partial charge in [0.25, 0.3) is 0 Å². The van der Waals surface area contributed by atoms with Crippen molar-refractivity contribution in [1.82, 2.24) is 0 Å². The van der Waals surface area contributed by atoms with Gasteiger partial charge in [0.2, 0.25) is 0 Å². The summed E-state index contributed by atoms with van der Waals surface area (Å²) in [5, 5.41) is 12.6. The van der Waals surface area contributed by atoms with E-state index in [0.29, 0.717) is 31.6 Å². The van der Waals surface area contributed by atoms with Gasteiger partial charge in [-0.2, -0.15) is 5.11 Å². The van der Waals surface area contributed by atoms with Crippen LogP contribution in [0, 0.1) is 0 Å². The molecule has 0 aromatic rings. The molecular weight excluding hydrogens is 282 g/mol. The molecule has 0 aromatic heterocycles. The summed E-state index contributed by atoms with van der Waals surface area (Å²) in [4.78, 5) is 0. The van der Waals surface area contributed by atoms with E-state index in [1.807, 2.05) is 13.8 Å². The van der Waals surface area contributed by atoms with Crippen LogP contribution in [0.3, 0.4) is 0 Å². The maximum atomic E-state index is 12.9. The van der Waals surface area contributed by atoms with Gasteiger partial charge in [0.15, 0.2) is 0 Å². The molecule has 1 rings (SSSR count). The fourth-order valence-corrected chi connectivity index (χ4v) is 2.89. The number of ether oxygens (including phenoxy) is 2. The lowest BCUT2D eigenvalue weighted by atomic mass is 10.1. The smallest absolute Gasteiger partial charge is 0.326 e. The Bertz CT molecular complexity index is 348. The van der Waals surface area contributed by atoms with Crippen LogP contribution in [-0.4, -0.2) is 28.7 Å². The van der Waals surface area contributed by atoms with Gasteiger partial charge in [-0.1, -0.05) is 31.6 Å². The lowest BCUT2D eigenvalue weighted by molar-refractivity contribution is -0.390. The molecule has 0 N–H and O–H groups in total. The summed E-state index contributed by atoms with van der Waals surface area (Å²) < 4.78 is 36.3. The van der Waals surface area contributed by atoms with Gasteiger partial charge < -0.3 is 9.47 Å². The highest BCUT2D eigenvalue weighted by molar-refractivity contribution is 6.53. The zero-order valence-corrected chi connectivity index (χ0v) is 13.3. The lowest BCUT2D eigenvalue weighted by Gasteiger charge is -2.26. The molecule has 20 heavy (non-hydrogen) atoms. The van der Waals surface area contributed by atoms with Crippen LogP contribution in [0.4, 0.5) is 8.22 Å². The molecular formula is C14H23F2O3Si. The summed E-state index contributed by atoms with van der Waals surface area (Å²) in [6.07, 6.45) is 5.59. The summed E-state index contributed by atoms with van der Waals surface area (Å²) >= 11 is 0. The van der Waals surface area contributed by atoms with Crippen molar-refractivity contribution in [2.45, 2.75) is 51.9 Å². The highest BCUT2D eigenvalue weighted by Crippen LogP contribution is 2.29. The highest BCUT2D eigenvalue weighted by atomic mass is 28.4. The van der Waals surface area contributed by atoms with Crippen molar-refractivity contribution in [3.05, 3.63) is 22.9 Å². The first-order valence-electron chi connectivity index (χ1n) is 7.17. The van der Waals surface area contributed by atoms with Gasteiger partial charge in [0.05, 0.1) is 13.2 Å². The molecule has 1 aliphatic carbocycles. The van der Waals surface area contributed by atoms with E-state index in [0.717, 1.165) is 12.8 Å². The molecule has 0 unspecified atom stereocenters. The van der Waals surface area contributed by atoms with Crippen LogP contribution < -0.4 is 0 Å². The van der Waals surface area contributed by atoms with E-state index in [9.17, 15) is 13.3 Å². The molecule has 0 amide bonds. The van der Waals surface area contributed by atoms with Crippen molar-refractivity contribution >= 4 is 9.46 Å². The molecule has 0 spiro atoms. The maximum absolute atomic E-state index is 12.9. The summed E-state index contributed by atoms with van der Waals surface area (Å²) in [5.74, 6) is -1.91. The molecule has 0 fully saturated rings. The van der Waals surface area contributed by atoms with Gasteiger partial charge in [0.1, 0.15) is 0 Å². The first kappa shape index (κ1) is 17.5. The first-order chi connectivity index (χ1) is 9.52. The third kappa shape index (κ3) is 5.44. The third-order valence-corrected chi connectivity index (χ3v) is 4.16. The minimum Gasteiger partial charge on any atom is -0.326 e. The van der Waals surface area contributed by atoms with E-state index in [4.69, 9.17) is 9.47 Å². The number of rotatable bonds is 10. The Kier molecular flexibility index (Phi) is 7.58. The zero-order valence-electron chi connectivity index (χ0n) is 12.2. The Hall–Kier alpha value is -0.563. The summed E-state index contributed by atoms with van der Waals surface area (Å²) in [5.41, 5.74) is 0.673. The zero-order chi connectivity index (χ0) is 15.0. The molecule has 0 atom stereocenters. The van der Waals surface area contributed by atoms with E-state index in [1.54, 1.807) is 6.08 Å². The maximum Gasteiger partial charge on any atom is 0.441 e. The Labute approximate surface area is 121 Å². The summed E-state index contributed by atoms with van der Waals surface area (Å²) in [6, 6.07) is 0. The summed E-state index contributed by atoms with van der Waals surface area (Å²) in [6.45, 7) is 4.45. The minimum absolute atomic E-state index is 0.0780. The van der Waals surface area contributed by atoms with Crippen LogP contribution in [0.25, 0.3) is 0 Å². The number of allylic oxidation sites excluding steroid dienone is 4. The number of hydrogen-bond donors (Lipinski definition) is 0. The van der Waals surface area contributed by atoms with Crippen LogP contribution in [0.2, 0.25) is 0 Å². The summed E-state index contributed by atoms with van der Waals surface area (Å²) in [7, 11) is -3.80.